The Hall–Kier alpha value is -0.330. The van der Waals surface area contributed by atoms with Gasteiger partial charge in [0.15, 0.2) is 0 Å². The van der Waals surface area contributed by atoms with Gasteiger partial charge >= 0.3 is 0 Å². The van der Waals surface area contributed by atoms with Crippen LogP contribution in [0.4, 0.5) is 0 Å². The Morgan fingerprint density at radius 2 is 1.64 bits per heavy atom. The fraction of sp³-hybridized carbons (Fsp3) is 0.294. The van der Waals surface area contributed by atoms with Crippen molar-refractivity contribution in [2.24, 2.45) is 0 Å². The van der Waals surface area contributed by atoms with E-state index in [0.29, 0.717) is 23.1 Å². The number of rotatable bonds is 7. The highest BCUT2D eigenvalue weighted by Crippen LogP contribution is 2.19. The molecule has 2 rings (SSSR count). The van der Waals surface area contributed by atoms with Gasteiger partial charge in [-0.2, -0.15) is 0 Å². The monoisotopic (exact) mass is 449 g/mol. The van der Waals surface area contributed by atoms with Crippen molar-refractivity contribution in [3.05, 3.63) is 69.7 Å². The largest absolute Gasteiger partial charge is 0.391 e. The maximum absolute atomic E-state index is 10.2. The molecule has 0 heterocycles. The minimum atomic E-state index is -0.407. The fourth-order valence-electron chi connectivity index (χ4n) is 2.18. The van der Waals surface area contributed by atoms with Crippen molar-refractivity contribution in [1.29, 1.82) is 0 Å². The topological polar surface area (TPSA) is 32.3 Å². The molecule has 2 atom stereocenters. The number of nitrogens with one attached hydrogen (secondary N) is 1. The average molecular weight is 450 g/mol. The molecule has 2 aromatic rings. The van der Waals surface area contributed by atoms with Gasteiger partial charge in [0, 0.05) is 27.1 Å². The van der Waals surface area contributed by atoms with Crippen molar-refractivity contribution in [2.75, 3.05) is 6.54 Å². The lowest BCUT2D eigenvalue weighted by Crippen LogP contribution is -2.34. The van der Waals surface area contributed by atoms with Gasteiger partial charge in [0.2, 0.25) is 0 Å². The molecule has 2 N–H and O–H groups in total. The molecule has 0 aromatic heterocycles. The predicted octanol–water partition coefficient (Wildman–Crippen LogP) is 4.49. The second-order valence-electron chi connectivity index (χ2n) is 5.18. The molecule has 0 saturated carbocycles. The van der Waals surface area contributed by atoms with E-state index in [1.165, 1.54) is 5.56 Å². The summed E-state index contributed by atoms with van der Waals surface area (Å²) in [4.78, 5) is 0. The summed E-state index contributed by atoms with van der Waals surface area (Å²) in [5, 5.41) is 14.7. The summed E-state index contributed by atoms with van der Waals surface area (Å²) in [6.45, 7) is 1.16. The first kappa shape index (κ1) is 18.0. The summed E-state index contributed by atoms with van der Waals surface area (Å²) in [6, 6.07) is 15.7. The van der Waals surface area contributed by atoms with E-state index in [0.717, 1.165) is 12.0 Å². The SMILES string of the molecule is O[C@H](CNCc1cc(Cl)cc(Cl)c1)[C@@H](I)Cc1ccccc1. The first-order valence-corrected chi connectivity index (χ1v) is 9.06. The molecule has 0 saturated heterocycles. The lowest BCUT2D eigenvalue weighted by Gasteiger charge is -2.18. The Balaban J connectivity index is 1.78. The van der Waals surface area contributed by atoms with E-state index < -0.39 is 6.10 Å². The van der Waals surface area contributed by atoms with Crippen LogP contribution in [0.25, 0.3) is 0 Å². The number of hydrogen-bond donors (Lipinski definition) is 2. The minimum absolute atomic E-state index is 0.162. The summed E-state index contributed by atoms with van der Waals surface area (Å²) in [5.41, 5.74) is 2.25. The molecule has 0 radical (unpaired) electrons. The molecule has 2 aromatic carbocycles. The first-order valence-electron chi connectivity index (χ1n) is 7.06. The molecule has 2 nitrogen and oxygen atoms in total. The summed E-state index contributed by atoms with van der Waals surface area (Å²) in [5.74, 6) is 0. The van der Waals surface area contributed by atoms with E-state index in [4.69, 9.17) is 23.2 Å². The maximum Gasteiger partial charge on any atom is 0.0785 e. The van der Waals surface area contributed by atoms with E-state index in [1.807, 2.05) is 30.3 Å². The standard InChI is InChI=1S/C17H18Cl2INO/c18-14-6-13(7-15(19)9-14)10-21-11-17(22)16(20)8-12-4-2-1-3-5-12/h1-7,9,16-17,21-22H,8,10-11H2/t16-,17+/m0/s1. The van der Waals surface area contributed by atoms with Crippen LogP contribution in [0.15, 0.2) is 48.5 Å². The first-order chi connectivity index (χ1) is 10.5. The number of benzene rings is 2. The van der Waals surface area contributed by atoms with Gasteiger partial charge in [-0.05, 0) is 35.7 Å². The van der Waals surface area contributed by atoms with Gasteiger partial charge in [-0.25, -0.2) is 0 Å². The number of aliphatic hydroxyl groups excluding tert-OH is 1. The third-order valence-electron chi connectivity index (χ3n) is 3.30. The Labute approximate surface area is 155 Å². The van der Waals surface area contributed by atoms with Crippen molar-refractivity contribution < 1.29 is 5.11 Å². The van der Waals surface area contributed by atoms with Gasteiger partial charge in [-0.1, -0.05) is 76.1 Å². The maximum atomic E-state index is 10.2. The Morgan fingerprint density at radius 3 is 2.27 bits per heavy atom. The second-order valence-corrected chi connectivity index (χ2v) is 7.65. The Bertz CT molecular complexity index is 574. The van der Waals surface area contributed by atoms with Crippen molar-refractivity contribution >= 4 is 45.8 Å². The third-order valence-corrected chi connectivity index (χ3v) is 5.00. The third kappa shape index (κ3) is 6.05. The van der Waals surface area contributed by atoms with Gasteiger partial charge in [-0.3, -0.25) is 0 Å². The molecule has 0 aliphatic carbocycles. The van der Waals surface area contributed by atoms with Crippen LogP contribution in [0.3, 0.4) is 0 Å². The van der Waals surface area contributed by atoms with Crippen LogP contribution < -0.4 is 5.32 Å². The molecule has 0 unspecified atom stereocenters. The van der Waals surface area contributed by atoms with Crippen LogP contribution in [0.5, 0.6) is 0 Å². The van der Waals surface area contributed by atoms with Crippen LogP contribution in [-0.4, -0.2) is 21.7 Å². The molecule has 0 fully saturated rings. The Morgan fingerprint density at radius 1 is 1.00 bits per heavy atom. The molecule has 0 spiro atoms. The van der Waals surface area contributed by atoms with Crippen molar-refractivity contribution in [3.63, 3.8) is 0 Å². The van der Waals surface area contributed by atoms with Gasteiger partial charge in [0.05, 0.1) is 6.10 Å². The summed E-state index contributed by atoms with van der Waals surface area (Å²) >= 11 is 14.2. The molecule has 0 amide bonds. The van der Waals surface area contributed by atoms with E-state index in [-0.39, 0.29) is 3.92 Å². The lowest BCUT2D eigenvalue weighted by atomic mass is 10.1. The number of alkyl halides is 1. The highest BCUT2D eigenvalue weighted by molar-refractivity contribution is 14.1. The lowest BCUT2D eigenvalue weighted by molar-refractivity contribution is 0.172. The van der Waals surface area contributed by atoms with Gasteiger partial charge in [-0.15, -0.1) is 0 Å². The van der Waals surface area contributed by atoms with E-state index >= 15 is 0 Å². The number of hydrogen-bond acceptors (Lipinski definition) is 2. The fourth-order valence-corrected chi connectivity index (χ4v) is 3.51. The molecular formula is C17H18Cl2INO. The van der Waals surface area contributed by atoms with Crippen LogP contribution in [0.2, 0.25) is 10.0 Å². The zero-order valence-corrected chi connectivity index (χ0v) is 15.6. The second kappa shape index (κ2) is 9.08. The van der Waals surface area contributed by atoms with Gasteiger partial charge in [0.1, 0.15) is 0 Å². The summed E-state index contributed by atoms with van der Waals surface area (Å²) in [6.07, 6.45) is 0.447. The highest BCUT2D eigenvalue weighted by atomic mass is 127. The smallest absolute Gasteiger partial charge is 0.0785 e. The van der Waals surface area contributed by atoms with Crippen molar-refractivity contribution in [2.45, 2.75) is 23.0 Å². The van der Waals surface area contributed by atoms with E-state index in [2.05, 4.69) is 40.0 Å². The summed E-state index contributed by atoms with van der Waals surface area (Å²) in [7, 11) is 0. The van der Waals surface area contributed by atoms with Crippen LogP contribution in [-0.2, 0) is 13.0 Å². The van der Waals surface area contributed by atoms with Crippen molar-refractivity contribution in [1.82, 2.24) is 5.32 Å². The molecule has 118 valence electrons. The summed E-state index contributed by atoms with van der Waals surface area (Å²) < 4.78 is 0.162. The van der Waals surface area contributed by atoms with Gasteiger partial charge < -0.3 is 10.4 Å². The molecule has 0 aliphatic heterocycles. The number of halogens is 3. The zero-order chi connectivity index (χ0) is 15.9. The predicted molar refractivity (Wildman–Crippen MR) is 102 cm³/mol. The highest BCUT2D eigenvalue weighted by Gasteiger charge is 2.16. The quantitative estimate of drug-likeness (QED) is 0.482. The van der Waals surface area contributed by atoms with E-state index in [1.54, 1.807) is 6.07 Å². The molecule has 0 aliphatic rings. The average Bonchev–Trinajstić information content (AvgIpc) is 2.47. The van der Waals surface area contributed by atoms with Crippen LogP contribution in [0, 0.1) is 0 Å². The number of aliphatic hydroxyl groups is 1. The normalized spacial score (nSPS) is 13.8. The van der Waals surface area contributed by atoms with E-state index in [9.17, 15) is 5.11 Å². The molecule has 5 heteroatoms. The molecule has 22 heavy (non-hydrogen) atoms. The van der Waals surface area contributed by atoms with Gasteiger partial charge in [0.25, 0.3) is 0 Å². The Kier molecular flexibility index (Phi) is 7.44. The van der Waals surface area contributed by atoms with Crippen LogP contribution in [0.1, 0.15) is 11.1 Å². The molecular weight excluding hydrogens is 432 g/mol. The van der Waals surface area contributed by atoms with Crippen LogP contribution >= 0.6 is 45.8 Å². The minimum Gasteiger partial charge on any atom is -0.391 e. The van der Waals surface area contributed by atoms with Crippen molar-refractivity contribution in [3.8, 4) is 0 Å². The zero-order valence-electron chi connectivity index (χ0n) is 12.0. The molecule has 0 bridgehead atoms.